The van der Waals surface area contributed by atoms with Crippen molar-refractivity contribution in [3.8, 4) is 0 Å². The molecule has 0 aliphatic heterocycles. The number of rotatable bonds is 7. The fourth-order valence-electron chi connectivity index (χ4n) is 2.22. The molecule has 0 aromatic carbocycles. The Morgan fingerprint density at radius 2 is 2.30 bits per heavy atom. The predicted octanol–water partition coefficient (Wildman–Crippen LogP) is 2.72. The Kier molecular flexibility index (Phi) is 5.56. The Bertz CT molecular complexity index is 488. The van der Waals surface area contributed by atoms with Crippen molar-refractivity contribution in [1.82, 2.24) is 10.3 Å². The van der Waals surface area contributed by atoms with Gasteiger partial charge in [-0.3, -0.25) is 4.98 Å². The van der Waals surface area contributed by atoms with E-state index in [2.05, 4.69) is 35.1 Å². The van der Waals surface area contributed by atoms with Gasteiger partial charge in [-0.1, -0.05) is 36.4 Å². The molecule has 3 N–H and O–H groups in total. The van der Waals surface area contributed by atoms with E-state index in [1.807, 2.05) is 18.2 Å². The van der Waals surface area contributed by atoms with E-state index < -0.39 is 0 Å². The van der Waals surface area contributed by atoms with Crippen LogP contribution in [0.25, 0.3) is 0 Å². The van der Waals surface area contributed by atoms with Crippen LogP contribution in [0.5, 0.6) is 0 Å². The number of allylic oxidation sites excluding steroid dienone is 3. The lowest BCUT2D eigenvalue weighted by molar-refractivity contribution is 0.657. The van der Waals surface area contributed by atoms with Crippen molar-refractivity contribution in [1.29, 1.82) is 0 Å². The molecule has 3 heteroatoms. The van der Waals surface area contributed by atoms with Crippen molar-refractivity contribution in [2.45, 2.75) is 31.7 Å². The summed E-state index contributed by atoms with van der Waals surface area (Å²) >= 11 is 0. The average Bonchev–Trinajstić information content (AvgIpc) is 2.49. The van der Waals surface area contributed by atoms with Crippen LogP contribution >= 0.6 is 0 Å². The van der Waals surface area contributed by atoms with Crippen LogP contribution in [0.1, 0.15) is 25.0 Å². The second-order valence-electron chi connectivity index (χ2n) is 5.09. The quantitative estimate of drug-likeness (QED) is 0.800. The van der Waals surface area contributed by atoms with Crippen molar-refractivity contribution in [2.75, 3.05) is 6.54 Å². The van der Waals surface area contributed by atoms with Gasteiger partial charge in [0.2, 0.25) is 0 Å². The summed E-state index contributed by atoms with van der Waals surface area (Å²) in [5, 5.41) is 3.33. The number of hydrogen-bond donors (Lipinski definition) is 2. The van der Waals surface area contributed by atoms with Gasteiger partial charge in [-0.25, -0.2) is 0 Å². The van der Waals surface area contributed by atoms with Crippen LogP contribution in [-0.4, -0.2) is 17.6 Å². The molecule has 1 atom stereocenters. The highest BCUT2D eigenvalue weighted by atomic mass is 14.9. The van der Waals surface area contributed by atoms with E-state index in [1.165, 1.54) is 12.0 Å². The summed E-state index contributed by atoms with van der Waals surface area (Å²) in [4.78, 5) is 4.29. The zero-order valence-electron chi connectivity index (χ0n) is 11.9. The minimum absolute atomic E-state index is 0.0965. The highest BCUT2D eigenvalue weighted by Crippen LogP contribution is 2.12. The van der Waals surface area contributed by atoms with E-state index in [9.17, 15) is 0 Å². The van der Waals surface area contributed by atoms with Crippen molar-refractivity contribution < 1.29 is 0 Å². The average molecular weight is 269 g/mol. The third kappa shape index (κ3) is 4.67. The molecule has 0 saturated heterocycles. The highest BCUT2D eigenvalue weighted by Gasteiger charge is 2.08. The molecule has 0 spiro atoms. The van der Waals surface area contributed by atoms with Gasteiger partial charge in [0.1, 0.15) is 0 Å². The summed E-state index contributed by atoms with van der Waals surface area (Å²) in [6.45, 7) is 4.91. The predicted molar refractivity (Wildman–Crippen MR) is 84.1 cm³/mol. The van der Waals surface area contributed by atoms with Gasteiger partial charge in [-0.2, -0.15) is 0 Å². The first-order valence-electron chi connectivity index (χ1n) is 7.19. The largest absolute Gasteiger partial charge is 0.387 e. The van der Waals surface area contributed by atoms with Crippen molar-refractivity contribution in [3.63, 3.8) is 0 Å². The van der Waals surface area contributed by atoms with Crippen LogP contribution in [-0.2, 0) is 6.42 Å². The first-order valence-corrected chi connectivity index (χ1v) is 7.19. The minimum Gasteiger partial charge on any atom is -0.387 e. The molecule has 2 rings (SSSR count). The number of nitrogens with one attached hydrogen (secondary N) is 1. The molecule has 20 heavy (non-hydrogen) atoms. The SMILES string of the molecule is C=C(NCCC1=CCCC=C1)C(N)Cc1ccccn1. The van der Waals surface area contributed by atoms with Crippen molar-refractivity contribution >= 4 is 0 Å². The van der Waals surface area contributed by atoms with Gasteiger partial charge >= 0.3 is 0 Å². The second kappa shape index (κ2) is 7.65. The second-order valence-corrected chi connectivity index (χ2v) is 5.09. The molecular formula is C17H23N3. The molecular weight excluding hydrogens is 246 g/mol. The van der Waals surface area contributed by atoms with Gasteiger partial charge in [0.15, 0.2) is 0 Å². The van der Waals surface area contributed by atoms with Crippen molar-refractivity contribution in [3.05, 3.63) is 66.2 Å². The van der Waals surface area contributed by atoms with E-state index in [-0.39, 0.29) is 6.04 Å². The van der Waals surface area contributed by atoms with Gasteiger partial charge in [0.25, 0.3) is 0 Å². The molecule has 0 amide bonds. The topological polar surface area (TPSA) is 50.9 Å². The molecule has 1 unspecified atom stereocenters. The molecule has 1 heterocycles. The maximum atomic E-state index is 6.14. The van der Waals surface area contributed by atoms with Crippen LogP contribution < -0.4 is 11.1 Å². The molecule has 1 aliphatic rings. The number of aromatic nitrogens is 1. The first-order chi connectivity index (χ1) is 9.75. The number of hydrogen-bond acceptors (Lipinski definition) is 3. The van der Waals surface area contributed by atoms with Gasteiger partial charge in [-0.15, -0.1) is 0 Å². The smallest absolute Gasteiger partial charge is 0.0494 e. The molecule has 1 aliphatic carbocycles. The monoisotopic (exact) mass is 269 g/mol. The summed E-state index contributed by atoms with van der Waals surface area (Å²) in [6, 6.07) is 5.78. The third-order valence-electron chi connectivity index (χ3n) is 3.44. The fourth-order valence-corrected chi connectivity index (χ4v) is 2.22. The van der Waals surface area contributed by atoms with E-state index in [1.54, 1.807) is 6.20 Å². The van der Waals surface area contributed by atoms with Crippen LogP contribution in [0.15, 0.2) is 60.5 Å². The lowest BCUT2D eigenvalue weighted by Gasteiger charge is -2.17. The molecule has 3 nitrogen and oxygen atoms in total. The summed E-state index contributed by atoms with van der Waals surface area (Å²) in [7, 11) is 0. The van der Waals surface area contributed by atoms with Crippen LogP contribution in [0.2, 0.25) is 0 Å². The normalized spacial score (nSPS) is 15.6. The standard InChI is InChI=1S/C17H23N3/c1-14(17(18)13-16-9-5-6-11-20-16)19-12-10-15-7-3-2-4-8-15/h3,5-9,11,17,19H,1-2,4,10,12-13,18H2. The van der Waals surface area contributed by atoms with E-state index >= 15 is 0 Å². The molecule has 106 valence electrons. The zero-order chi connectivity index (χ0) is 14.2. The maximum absolute atomic E-state index is 6.14. The summed E-state index contributed by atoms with van der Waals surface area (Å²) < 4.78 is 0. The van der Waals surface area contributed by atoms with Crippen LogP contribution in [0.3, 0.4) is 0 Å². The lowest BCUT2D eigenvalue weighted by Crippen LogP contribution is -2.33. The molecule has 0 fully saturated rings. The molecule has 0 bridgehead atoms. The molecule has 1 aromatic rings. The maximum Gasteiger partial charge on any atom is 0.0494 e. The summed E-state index contributed by atoms with van der Waals surface area (Å²) in [6.07, 6.45) is 12.6. The van der Waals surface area contributed by atoms with Crippen molar-refractivity contribution in [2.24, 2.45) is 5.73 Å². The number of nitrogens with zero attached hydrogens (tertiary/aromatic N) is 1. The molecule has 0 radical (unpaired) electrons. The number of pyridine rings is 1. The summed E-state index contributed by atoms with van der Waals surface area (Å²) in [5.74, 6) is 0. The van der Waals surface area contributed by atoms with Gasteiger partial charge in [-0.05, 0) is 31.4 Å². The third-order valence-corrected chi connectivity index (χ3v) is 3.44. The Morgan fingerprint density at radius 1 is 1.40 bits per heavy atom. The highest BCUT2D eigenvalue weighted by molar-refractivity contribution is 5.22. The Morgan fingerprint density at radius 3 is 3.00 bits per heavy atom. The minimum atomic E-state index is -0.0965. The number of nitrogens with two attached hydrogens (primary N) is 1. The van der Waals surface area contributed by atoms with Gasteiger partial charge in [0.05, 0.1) is 0 Å². The van der Waals surface area contributed by atoms with Gasteiger partial charge in [0, 0.05) is 36.6 Å². The fraction of sp³-hybridized carbons (Fsp3) is 0.353. The molecule has 1 aromatic heterocycles. The van der Waals surface area contributed by atoms with E-state index in [0.717, 1.165) is 37.2 Å². The van der Waals surface area contributed by atoms with Crippen LogP contribution in [0.4, 0.5) is 0 Å². The van der Waals surface area contributed by atoms with E-state index in [0.29, 0.717) is 0 Å². The Hall–Kier alpha value is -1.87. The first kappa shape index (κ1) is 14.5. The lowest BCUT2D eigenvalue weighted by atomic mass is 10.0. The van der Waals surface area contributed by atoms with E-state index in [4.69, 9.17) is 5.73 Å². The van der Waals surface area contributed by atoms with Crippen LogP contribution in [0, 0.1) is 0 Å². The Labute approximate surface area is 121 Å². The zero-order valence-corrected chi connectivity index (χ0v) is 11.9. The molecule has 0 saturated carbocycles. The van der Waals surface area contributed by atoms with Gasteiger partial charge < -0.3 is 11.1 Å². The summed E-state index contributed by atoms with van der Waals surface area (Å²) in [5.41, 5.74) is 9.42. The Balaban J connectivity index is 1.71.